The van der Waals surface area contributed by atoms with Crippen LogP contribution >= 0.6 is 0 Å². The summed E-state index contributed by atoms with van der Waals surface area (Å²) in [5, 5.41) is 13.6. The molecule has 13 rings (SSSR count). The third-order valence-electron chi connectivity index (χ3n) is 15.9. The lowest BCUT2D eigenvalue weighted by atomic mass is 9.79. The predicted molar refractivity (Wildman–Crippen MR) is 284 cm³/mol. The van der Waals surface area contributed by atoms with Crippen LogP contribution < -0.4 is 10.6 Å². The molecule has 5 atom stereocenters. The highest BCUT2D eigenvalue weighted by molar-refractivity contribution is 6.12. The van der Waals surface area contributed by atoms with E-state index in [-0.39, 0.29) is 35.5 Å². The molecule has 330 valence electrons. The highest BCUT2D eigenvalue weighted by atomic mass is 15.2. The van der Waals surface area contributed by atoms with Crippen LogP contribution in [0.4, 0.5) is 0 Å². The molecule has 2 N–H and O–H groups in total. The standard InChI is InChI=1S/C64H54N4/c1-40-41(2)62(45-20-16-22-47(36-45)68-59-31-15-11-27-52(59)54-38-53-49-24-8-12-28-55(49)64(3,4)56(53)39-60(54)68)66-63(65-61(40)44-34-32-43(33-35-44)42-18-6-5-7-19-42)46-21-17-23-48(37-46)67-57-29-13-9-25-50(57)51-26-10-14-30-58(51)67/h5-41,61-63,65-66H,1-4H3. The molecule has 1 fully saturated rings. The van der Waals surface area contributed by atoms with E-state index in [0.29, 0.717) is 0 Å². The van der Waals surface area contributed by atoms with Gasteiger partial charge in [0, 0.05) is 50.4 Å². The normalized spacial score (nSPS) is 19.9. The molecule has 0 spiro atoms. The number of hydrogen-bond acceptors (Lipinski definition) is 2. The van der Waals surface area contributed by atoms with E-state index in [9.17, 15) is 0 Å². The number of aromatic nitrogens is 2. The summed E-state index contributed by atoms with van der Waals surface area (Å²) >= 11 is 0. The summed E-state index contributed by atoms with van der Waals surface area (Å²) in [6.45, 7) is 9.65. The first kappa shape index (κ1) is 40.7. The van der Waals surface area contributed by atoms with Gasteiger partial charge in [0.05, 0.1) is 28.2 Å². The summed E-state index contributed by atoms with van der Waals surface area (Å²) in [7, 11) is 0. The molecule has 0 bridgehead atoms. The molecule has 1 aliphatic carbocycles. The summed E-state index contributed by atoms with van der Waals surface area (Å²) in [5.74, 6) is 0.548. The van der Waals surface area contributed by atoms with Gasteiger partial charge in [0.15, 0.2) is 0 Å². The average Bonchev–Trinajstić information content (AvgIpc) is 3.94. The molecule has 68 heavy (non-hydrogen) atoms. The van der Waals surface area contributed by atoms with Crippen molar-refractivity contribution < 1.29 is 0 Å². The monoisotopic (exact) mass is 878 g/mol. The van der Waals surface area contributed by atoms with Crippen LogP contribution in [0.2, 0.25) is 0 Å². The van der Waals surface area contributed by atoms with Crippen LogP contribution in [-0.2, 0) is 5.41 Å². The van der Waals surface area contributed by atoms with Crippen molar-refractivity contribution in [1.82, 2.24) is 19.8 Å². The second kappa shape index (κ2) is 15.8. The van der Waals surface area contributed by atoms with Crippen LogP contribution in [0.1, 0.15) is 73.8 Å². The number of benzene rings is 9. The molecule has 1 aliphatic heterocycles. The Morgan fingerprint density at radius 3 is 1.51 bits per heavy atom. The molecule has 0 amide bonds. The van der Waals surface area contributed by atoms with Gasteiger partial charge in [-0.15, -0.1) is 0 Å². The van der Waals surface area contributed by atoms with Gasteiger partial charge >= 0.3 is 0 Å². The topological polar surface area (TPSA) is 33.9 Å². The quantitative estimate of drug-likeness (QED) is 0.174. The van der Waals surface area contributed by atoms with Crippen LogP contribution in [0.5, 0.6) is 0 Å². The maximum atomic E-state index is 4.28. The zero-order valence-corrected chi connectivity index (χ0v) is 39.0. The van der Waals surface area contributed by atoms with Crippen molar-refractivity contribution in [3.63, 3.8) is 0 Å². The first-order valence-electron chi connectivity index (χ1n) is 24.4. The molecule has 0 radical (unpaired) electrons. The van der Waals surface area contributed by atoms with E-state index < -0.39 is 0 Å². The van der Waals surface area contributed by atoms with Gasteiger partial charge in [-0.25, -0.2) is 0 Å². The van der Waals surface area contributed by atoms with E-state index >= 15 is 0 Å². The highest BCUT2D eigenvalue weighted by Crippen LogP contribution is 2.51. The molecular weight excluding hydrogens is 825 g/mol. The van der Waals surface area contributed by atoms with Crippen molar-refractivity contribution in [2.75, 3.05) is 0 Å². The molecular formula is C64H54N4. The van der Waals surface area contributed by atoms with E-state index in [0.717, 1.165) is 5.69 Å². The van der Waals surface area contributed by atoms with E-state index in [2.05, 4.69) is 260 Å². The number of rotatable bonds is 6. The maximum Gasteiger partial charge on any atom is 0.0845 e. The largest absolute Gasteiger partial charge is 0.309 e. The summed E-state index contributed by atoms with van der Waals surface area (Å²) in [5.41, 5.74) is 18.9. The second-order valence-corrected chi connectivity index (χ2v) is 19.9. The van der Waals surface area contributed by atoms with Gasteiger partial charge in [-0.05, 0) is 117 Å². The zero-order valence-electron chi connectivity index (χ0n) is 39.0. The van der Waals surface area contributed by atoms with E-state index in [1.54, 1.807) is 0 Å². The molecule has 5 unspecified atom stereocenters. The average molecular weight is 879 g/mol. The van der Waals surface area contributed by atoms with Crippen molar-refractivity contribution in [1.29, 1.82) is 0 Å². The minimum Gasteiger partial charge on any atom is -0.309 e. The lowest BCUT2D eigenvalue weighted by Crippen LogP contribution is -2.36. The lowest BCUT2D eigenvalue weighted by molar-refractivity contribution is 0.278. The number of hydrogen-bond donors (Lipinski definition) is 2. The summed E-state index contributed by atoms with van der Waals surface area (Å²) in [4.78, 5) is 0. The van der Waals surface area contributed by atoms with Crippen molar-refractivity contribution in [3.8, 4) is 33.6 Å². The van der Waals surface area contributed by atoms with Crippen molar-refractivity contribution in [3.05, 3.63) is 240 Å². The molecule has 2 aliphatic rings. The Morgan fingerprint density at radius 1 is 0.368 bits per heavy atom. The summed E-state index contributed by atoms with van der Waals surface area (Å²) in [6, 6.07) is 79.1. The number of para-hydroxylation sites is 3. The predicted octanol–water partition coefficient (Wildman–Crippen LogP) is 15.8. The fourth-order valence-electron chi connectivity index (χ4n) is 12.2. The molecule has 0 saturated carbocycles. The van der Waals surface area contributed by atoms with E-state index in [1.165, 1.54) is 99.4 Å². The molecule has 3 heterocycles. The fraction of sp³-hybridized carbons (Fsp3) is 0.156. The smallest absolute Gasteiger partial charge is 0.0845 e. The number of nitrogens with zero attached hydrogens (tertiary/aromatic N) is 2. The van der Waals surface area contributed by atoms with Crippen LogP contribution in [0, 0.1) is 11.8 Å². The van der Waals surface area contributed by atoms with Crippen molar-refractivity contribution in [2.45, 2.75) is 51.4 Å². The third-order valence-corrected chi connectivity index (χ3v) is 15.9. The first-order valence-corrected chi connectivity index (χ1v) is 24.4. The Balaban J connectivity index is 0.941. The minimum atomic E-state index is -0.150. The zero-order chi connectivity index (χ0) is 45.7. The Hall–Kier alpha value is -7.50. The van der Waals surface area contributed by atoms with Gasteiger partial charge in [0.1, 0.15) is 0 Å². The number of fused-ring (bicyclic) bond motifs is 9. The van der Waals surface area contributed by atoms with E-state index in [4.69, 9.17) is 0 Å². The molecule has 2 aromatic heterocycles. The third kappa shape index (κ3) is 6.35. The lowest BCUT2D eigenvalue weighted by Gasteiger charge is -2.31. The van der Waals surface area contributed by atoms with Crippen molar-refractivity contribution >= 4 is 43.6 Å². The SMILES string of the molecule is CC1C(c2ccc(-c3ccccc3)cc2)NC(c2cccc(-n3c4ccccc4c4ccccc43)c2)NC(c2cccc(-n3c4ccccc4c4cc5c(cc43)C(C)(C)c3ccccc3-5)c2)C1C. The second-order valence-electron chi connectivity index (χ2n) is 19.9. The number of nitrogens with one attached hydrogen (secondary N) is 2. The van der Waals surface area contributed by atoms with Gasteiger partial charge in [-0.2, -0.15) is 0 Å². The molecule has 11 aromatic rings. The van der Waals surface area contributed by atoms with Gasteiger partial charge in [-0.3, -0.25) is 10.6 Å². The fourth-order valence-corrected chi connectivity index (χ4v) is 12.2. The van der Waals surface area contributed by atoms with Gasteiger partial charge in [-0.1, -0.05) is 185 Å². The van der Waals surface area contributed by atoms with Crippen LogP contribution in [0.25, 0.3) is 77.2 Å². The van der Waals surface area contributed by atoms with Crippen LogP contribution in [0.15, 0.2) is 212 Å². The maximum absolute atomic E-state index is 4.28. The minimum absolute atomic E-state index is 0.0405. The summed E-state index contributed by atoms with van der Waals surface area (Å²) in [6.07, 6.45) is -0.150. The van der Waals surface area contributed by atoms with Gasteiger partial charge in [0.2, 0.25) is 0 Å². The first-order chi connectivity index (χ1) is 33.3. The van der Waals surface area contributed by atoms with Gasteiger partial charge in [0.25, 0.3) is 0 Å². The molecule has 4 heteroatoms. The van der Waals surface area contributed by atoms with Crippen LogP contribution in [-0.4, -0.2) is 9.13 Å². The Labute approximate surface area is 398 Å². The van der Waals surface area contributed by atoms with Crippen molar-refractivity contribution in [2.24, 2.45) is 11.8 Å². The van der Waals surface area contributed by atoms with Gasteiger partial charge < -0.3 is 9.13 Å². The molecule has 1 saturated heterocycles. The Bertz CT molecular complexity index is 3670. The highest BCUT2D eigenvalue weighted by Gasteiger charge is 2.39. The van der Waals surface area contributed by atoms with E-state index in [1.807, 2.05) is 0 Å². The summed E-state index contributed by atoms with van der Waals surface area (Å²) < 4.78 is 4.94. The Morgan fingerprint density at radius 2 is 0.868 bits per heavy atom. The molecule has 4 nitrogen and oxygen atoms in total. The molecule has 9 aromatic carbocycles. The van der Waals surface area contributed by atoms with Crippen LogP contribution in [0.3, 0.4) is 0 Å². The Kier molecular flexibility index (Phi) is 9.47.